The molecule has 0 aromatic carbocycles. The largest absolute Gasteiger partial charge is 0.379 e. The summed E-state index contributed by atoms with van der Waals surface area (Å²) in [5.41, 5.74) is 0. The second-order valence-corrected chi connectivity index (χ2v) is 7.86. The molecular formula is C13H23N3O3S2. The lowest BCUT2D eigenvalue weighted by atomic mass is 10.3. The molecule has 1 aromatic heterocycles. The summed E-state index contributed by atoms with van der Waals surface area (Å²) >= 11 is 1.46. The highest BCUT2D eigenvalue weighted by Crippen LogP contribution is 2.21. The Balaban J connectivity index is 1.97. The zero-order valence-electron chi connectivity index (χ0n) is 12.5. The summed E-state index contributed by atoms with van der Waals surface area (Å²) in [6, 6.07) is 1.54. The molecule has 1 atom stereocenters. The molecule has 2 rings (SSSR count). The van der Waals surface area contributed by atoms with Gasteiger partial charge in [0.25, 0.3) is 0 Å². The highest BCUT2D eigenvalue weighted by Gasteiger charge is 2.23. The van der Waals surface area contributed by atoms with Gasteiger partial charge in [0.15, 0.2) is 0 Å². The Morgan fingerprint density at radius 2 is 2.14 bits per heavy atom. The van der Waals surface area contributed by atoms with Crippen molar-refractivity contribution >= 4 is 21.4 Å². The van der Waals surface area contributed by atoms with Crippen LogP contribution in [0.15, 0.2) is 16.3 Å². The van der Waals surface area contributed by atoms with Crippen LogP contribution in [0.4, 0.5) is 0 Å². The highest BCUT2D eigenvalue weighted by molar-refractivity contribution is 7.89. The molecule has 0 aliphatic carbocycles. The molecule has 1 aliphatic heterocycles. The van der Waals surface area contributed by atoms with E-state index in [1.165, 1.54) is 11.3 Å². The molecule has 0 radical (unpaired) electrons. The first-order valence-electron chi connectivity index (χ1n) is 7.06. The Morgan fingerprint density at radius 1 is 1.43 bits per heavy atom. The van der Waals surface area contributed by atoms with Crippen LogP contribution in [0, 0.1) is 0 Å². The summed E-state index contributed by atoms with van der Waals surface area (Å²) in [4.78, 5) is 3.44. The monoisotopic (exact) mass is 333 g/mol. The molecule has 1 aliphatic rings. The first-order valence-corrected chi connectivity index (χ1v) is 9.42. The van der Waals surface area contributed by atoms with Crippen LogP contribution in [-0.4, -0.2) is 59.3 Å². The van der Waals surface area contributed by atoms with E-state index in [2.05, 4.69) is 14.9 Å². The van der Waals surface area contributed by atoms with Gasteiger partial charge in [-0.25, -0.2) is 13.1 Å². The maximum absolute atomic E-state index is 12.5. The van der Waals surface area contributed by atoms with Crippen molar-refractivity contribution in [3.8, 4) is 0 Å². The second-order valence-electron chi connectivity index (χ2n) is 5.17. The topological polar surface area (TPSA) is 70.7 Å². The van der Waals surface area contributed by atoms with Gasteiger partial charge in [-0.1, -0.05) is 0 Å². The lowest BCUT2D eigenvalue weighted by Gasteiger charge is -2.29. The van der Waals surface area contributed by atoms with Crippen LogP contribution in [0.1, 0.15) is 11.8 Å². The van der Waals surface area contributed by atoms with Crippen LogP contribution in [-0.2, 0) is 21.3 Å². The molecule has 1 fully saturated rings. The summed E-state index contributed by atoms with van der Waals surface area (Å²) in [5.74, 6) is 0. The number of rotatable bonds is 7. The fraction of sp³-hybridized carbons (Fsp3) is 0.692. The van der Waals surface area contributed by atoms with Crippen molar-refractivity contribution in [3.05, 3.63) is 16.3 Å². The van der Waals surface area contributed by atoms with Crippen molar-refractivity contribution in [2.75, 3.05) is 39.9 Å². The minimum atomic E-state index is -3.46. The average molecular weight is 333 g/mol. The molecule has 0 bridgehead atoms. The van der Waals surface area contributed by atoms with Gasteiger partial charge in [0.1, 0.15) is 0 Å². The molecule has 2 heterocycles. The number of nitrogens with zero attached hydrogens (tertiary/aromatic N) is 1. The number of nitrogens with one attached hydrogen (secondary N) is 2. The minimum absolute atomic E-state index is 0.129. The van der Waals surface area contributed by atoms with E-state index in [0.29, 0.717) is 18.0 Å². The van der Waals surface area contributed by atoms with Crippen LogP contribution in [0.25, 0.3) is 0 Å². The maximum Gasteiger partial charge on any atom is 0.242 e. The molecule has 1 aromatic rings. The lowest BCUT2D eigenvalue weighted by molar-refractivity contribution is 0.0354. The smallest absolute Gasteiger partial charge is 0.242 e. The van der Waals surface area contributed by atoms with Gasteiger partial charge in [0, 0.05) is 37.1 Å². The van der Waals surface area contributed by atoms with Gasteiger partial charge in [-0.2, -0.15) is 0 Å². The summed E-state index contributed by atoms with van der Waals surface area (Å²) in [6.07, 6.45) is 0. The van der Waals surface area contributed by atoms with E-state index >= 15 is 0 Å². The molecule has 0 spiro atoms. The quantitative estimate of drug-likeness (QED) is 0.759. The summed E-state index contributed by atoms with van der Waals surface area (Å²) < 4.78 is 33.0. The molecule has 1 unspecified atom stereocenters. The van der Waals surface area contributed by atoms with Crippen molar-refractivity contribution in [3.63, 3.8) is 0 Å². The maximum atomic E-state index is 12.5. The molecule has 120 valence electrons. The number of ether oxygens (including phenoxy) is 1. The van der Waals surface area contributed by atoms with E-state index < -0.39 is 10.0 Å². The SMILES string of the molecule is CNCc1sccc1S(=O)(=O)NC(C)CN1CCOCC1. The zero-order valence-corrected chi connectivity index (χ0v) is 14.1. The standard InChI is InChI=1S/C13H23N3O3S2/c1-11(10-16-4-6-19-7-5-16)15-21(17,18)13-3-8-20-12(13)9-14-2/h3,8,11,14-15H,4-7,9-10H2,1-2H3. The Hall–Kier alpha value is -0.510. The number of hydrogen-bond acceptors (Lipinski definition) is 6. The van der Waals surface area contributed by atoms with Crippen molar-refractivity contribution in [1.29, 1.82) is 0 Å². The van der Waals surface area contributed by atoms with Gasteiger partial charge in [-0.15, -0.1) is 11.3 Å². The number of morpholine rings is 1. The molecule has 6 nitrogen and oxygen atoms in total. The molecule has 1 saturated heterocycles. The Morgan fingerprint density at radius 3 is 2.81 bits per heavy atom. The normalized spacial score (nSPS) is 18.8. The Labute approximate surface area is 130 Å². The van der Waals surface area contributed by atoms with Crippen LogP contribution in [0.3, 0.4) is 0 Å². The Kier molecular flexibility index (Phi) is 6.15. The highest BCUT2D eigenvalue weighted by atomic mass is 32.2. The van der Waals surface area contributed by atoms with Gasteiger partial charge in [0.05, 0.1) is 18.1 Å². The minimum Gasteiger partial charge on any atom is -0.379 e. The van der Waals surface area contributed by atoms with Gasteiger partial charge in [0.2, 0.25) is 10.0 Å². The predicted molar refractivity (Wildman–Crippen MR) is 84.1 cm³/mol. The van der Waals surface area contributed by atoms with Gasteiger partial charge in [-0.3, -0.25) is 4.90 Å². The zero-order chi connectivity index (χ0) is 15.3. The van der Waals surface area contributed by atoms with Gasteiger partial charge < -0.3 is 10.1 Å². The van der Waals surface area contributed by atoms with Crippen molar-refractivity contribution in [2.45, 2.75) is 24.4 Å². The number of sulfonamides is 1. The van der Waals surface area contributed by atoms with E-state index in [-0.39, 0.29) is 6.04 Å². The first kappa shape index (κ1) is 16.9. The molecule has 21 heavy (non-hydrogen) atoms. The summed E-state index contributed by atoms with van der Waals surface area (Å²) in [7, 11) is -1.65. The number of hydrogen-bond donors (Lipinski definition) is 2. The van der Waals surface area contributed by atoms with E-state index in [0.717, 1.165) is 31.2 Å². The fourth-order valence-corrected chi connectivity index (χ4v) is 5.08. The van der Waals surface area contributed by atoms with Crippen molar-refractivity contribution < 1.29 is 13.2 Å². The van der Waals surface area contributed by atoms with Crippen LogP contribution in [0.5, 0.6) is 0 Å². The van der Waals surface area contributed by atoms with E-state index in [4.69, 9.17) is 4.74 Å². The van der Waals surface area contributed by atoms with Crippen molar-refractivity contribution in [2.24, 2.45) is 0 Å². The first-order chi connectivity index (χ1) is 10.0. The van der Waals surface area contributed by atoms with Gasteiger partial charge in [-0.05, 0) is 25.4 Å². The van der Waals surface area contributed by atoms with E-state index in [1.54, 1.807) is 6.07 Å². The van der Waals surface area contributed by atoms with Crippen LogP contribution in [0.2, 0.25) is 0 Å². The fourth-order valence-electron chi connectivity index (χ4n) is 2.39. The average Bonchev–Trinajstić information content (AvgIpc) is 2.88. The molecule has 0 amide bonds. The molecule has 2 N–H and O–H groups in total. The third kappa shape index (κ3) is 4.73. The summed E-state index contributed by atoms with van der Waals surface area (Å²) in [5, 5.41) is 4.81. The third-order valence-electron chi connectivity index (χ3n) is 3.32. The predicted octanol–water partition coefficient (Wildman–Crippen LogP) is 0.467. The van der Waals surface area contributed by atoms with Crippen molar-refractivity contribution in [1.82, 2.24) is 14.9 Å². The molecule has 8 heteroatoms. The van der Waals surface area contributed by atoms with Crippen LogP contribution < -0.4 is 10.0 Å². The van der Waals surface area contributed by atoms with Gasteiger partial charge >= 0.3 is 0 Å². The second kappa shape index (κ2) is 7.66. The number of thiophene rings is 1. The molecule has 0 saturated carbocycles. The van der Waals surface area contributed by atoms with E-state index in [1.807, 2.05) is 19.4 Å². The third-order valence-corrected chi connectivity index (χ3v) is 6.05. The van der Waals surface area contributed by atoms with Crippen LogP contribution >= 0.6 is 11.3 Å². The summed E-state index contributed by atoms with van der Waals surface area (Å²) in [6.45, 7) is 6.31. The Bertz CT molecular complexity index is 539. The lowest BCUT2D eigenvalue weighted by Crippen LogP contribution is -2.46. The van der Waals surface area contributed by atoms with E-state index in [9.17, 15) is 8.42 Å². The molecular weight excluding hydrogens is 310 g/mol.